The van der Waals surface area contributed by atoms with Gasteiger partial charge in [-0.1, -0.05) is 11.6 Å². The fraction of sp³-hybridized carbons (Fsp3) is 0.273. The van der Waals surface area contributed by atoms with Crippen molar-refractivity contribution in [3.63, 3.8) is 0 Å². The van der Waals surface area contributed by atoms with Crippen molar-refractivity contribution >= 4 is 16.9 Å². The van der Waals surface area contributed by atoms with E-state index in [9.17, 15) is 13.6 Å². The van der Waals surface area contributed by atoms with Crippen LogP contribution < -0.4 is 0 Å². The molecule has 1 N–H and O–H groups in total. The Morgan fingerprint density at radius 3 is 2.71 bits per heavy atom. The van der Waals surface area contributed by atoms with Crippen LogP contribution in [-0.2, 0) is 5.54 Å². The maximum atomic E-state index is 14.2. The number of amides is 1. The third-order valence-electron chi connectivity index (χ3n) is 5.96. The number of aromatic amines is 1. The molecule has 1 amide bonds. The Morgan fingerprint density at radius 1 is 1.16 bits per heavy atom. The van der Waals surface area contributed by atoms with E-state index in [1.54, 1.807) is 17.3 Å². The molecule has 0 spiro atoms. The highest BCUT2D eigenvalue weighted by Crippen LogP contribution is 2.39. The average Bonchev–Trinajstić information content (AvgIpc) is 3.50. The molecule has 0 aliphatic carbocycles. The van der Waals surface area contributed by atoms with Crippen molar-refractivity contribution < 1.29 is 13.6 Å². The zero-order chi connectivity index (χ0) is 21.8. The van der Waals surface area contributed by atoms with Gasteiger partial charge in [0, 0.05) is 6.54 Å². The van der Waals surface area contributed by atoms with E-state index in [1.807, 2.05) is 32.0 Å². The smallest absolute Gasteiger partial charge is 0.256 e. The fourth-order valence-corrected chi connectivity index (χ4v) is 4.29. The second kappa shape index (κ2) is 6.97. The highest BCUT2D eigenvalue weighted by molar-refractivity contribution is 5.98. The van der Waals surface area contributed by atoms with Crippen molar-refractivity contribution in [1.29, 1.82) is 0 Å². The lowest BCUT2D eigenvalue weighted by Gasteiger charge is -2.34. The van der Waals surface area contributed by atoms with Gasteiger partial charge in [-0.15, -0.1) is 0 Å². The van der Waals surface area contributed by atoms with E-state index in [2.05, 4.69) is 20.2 Å². The van der Waals surface area contributed by atoms with Crippen LogP contribution in [0.1, 0.15) is 41.5 Å². The molecule has 0 saturated carbocycles. The number of aromatic nitrogens is 5. The van der Waals surface area contributed by atoms with E-state index < -0.39 is 17.2 Å². The first kappa shape index (κ1) is 19.3. The molecule has 5 rings (SSSR count). The highest BCUT2D eigenvalue weighted by Gasteiger charge is 2.44. The first-order valence-corrected chi connectivity index (χ1v) is 10.0. The summed E-state index contributed by atoms with van der Waals surface area (Å²) in [4.78, 5) is 24.3. The number of hydrogen-bond acceptors (Lipinski definition) is 4. The van der Waals surface area contributed by atoms with E-state index >= 15 is 0 Å². The van der Waals surface area contributed by atoms with Crippen molar-refractivity contribution in [3.05, 3.63) is 71.3 Å². The summed E-state index contributed by atoms with van der Waals surface area (Å²) in [5, 5.41) is 8.33. The molecule has 4 aromatic rings. The number of nitrogens with one attached hydrogen (secondary N) is 1. The summed E-state index contributed by atoms with van der Waals surface area (Å²) < 4.78 is 27.9. The van der Waals surface area contributed by atoms with Crippen molar-refractivity contribution in [2.75, 3.05) is 6.54 Å². The summed E-state index contributed by atoms with van der Waals surface area (Å²) in [5.41, 5.74) is 1.52. The molecule has 1 aliphatic rings. The van der Waals surface area contributed by atoms with Gasteiger partial charge in [-0.25, -0.2) is 13.8 Å². The Kier molecular flexibility index (Phi) is 4.35. The number of likely N-dealkylation sites (tertiary alicyclic amines) is 1. The number of benzene rings is 2. The van der Waals surface area contributed by atoms with Crippen LogP contribution in [0, 0.1) is 18.6 Å². The van der Waals surface area contributed by atoms with Gasteiger partial charge < -0.3 is 9.88 Å². The average molecular weight is 422 g/mol. The molecule has 1 saturated heterocycles. The molecule has 1 atom stereocenters. The lowest BCUT2D eigenvalue weighted by atomic mass is 9.96. The molecule has 0 bridgehead atoms. The molecule has 1 fully saturated rings. The largest absolute Gasteiger partial charge is 0.340 e. The maximum Gasteiger partial charge on any atom is 0.256 e. The van der Waals surface area contributed by atoms with Crippen LogP contribution in [-0.4, -0.2) is 42.3 Å². The van der Waals surface area contributed by atoms with E-state index in [0.717, 1.165) is 18.1 Å². The van der Waals surface area contributed by atoms with Gasteiger partial charge in [0.05, 0.1) is 34.7 Å². The first-order valence-electron chi connectivity index (χ1n) is 10.0. The summed E-state index contributed by atoms with van der Waals surface area (Å²) in [7, 11) is 0. The molecule has 2 aromatic carbocycles. The summed E-state index contributed by atoms with van der Waals surface area (Å²) in [6.07, 6.45) is 4.51. The van der Waals surface area contributed by atoms with Crippen LogP contribution >= 0.6 is 0 Å². The number of nitrogens with zero attached hydrogens (tertiary/aromatic N) is 5. The van der Waals surface area contributed by atoms with Crippen molar-refractivity contribution in [3.8, 4) is 5.69 Å². The van der Waals surface area contributed by atoms with Crippen LogP contribution in [0.2, 0.25) is 0 Å². The third kappa shape index (κ3) is 2.99. The van der Waals surface area contributed by atoms with Crippen molar-refractivity contribution in [2.45, 2.75) is 32.2 Å². The van der Waals surface area contributed by atoms with Crippen LogP contribution in [0.4, 0.5) is 8.78 Å². The monoisotopic (exact) mass is 422 g/mol. The van der Waals surface area contributed by atoms with Gasteiger partial charge >= 0.3 is 0 Å². The predicted molar refractivity (Wildman–Crippen MR) is 110 cm³/mol. The number of H-pyrrole nitrogens is 1. The quantitative estimate of drug-likeness (QED) is 0.543. The maximum absolute atomic E-state index is 14.2. The Hall–Kier alpha value is -3.62. The van der Waals surface area contributed by atoms with Crippen LogP contribution in [0.15, 0.2) is 42.7 Å². The van der Waals surface area contributed by atoms with Gasteiger partial charge in [-0.3, -0.25) is 4.79 Å². The number of hydrogen-bond donors (Lipinski definition) is 1. The van der Waals surface area contributed by atoms with Crippen molar-refractivity contribution in [2.24, 2.45) is 0 Å². The lowest BCUT2D eigenvalue weighted by molar-refractivity contribution is 0.0605. The Morgan fingerprint density at radius 2 is 1.94 bits per heavy atom. The number of carbonyl (C=O) groups is 1. The highest BCUT2D eigenvalue weighted by atomic mass is 19.2. The summed E-state index contributed by atoms with van der Waals surface area (Å²) in [6.45, 7) is 4.32. The molecule has 9 heteroatoms. The second-order valence-electron chi connectivity index (χ2n) is 8.02. The molecular formula is C22H20F2N6O. The second-order valence-corrected chi connectivity index (χ2v) is 8.02. The SMILES string of the molecule is Cc1ccc(-n2nccn2)c(C(=O)N2CCCC2(C)c2nc3c(F)c(F)ccc3[nH]2)c1. The first-order chi connectivity index (χ1) is 14.9. The van der Waals surface area contributed by atoms with Gasteiger partial charge in [0.15, 0.2) is 11.6 Å². The van der Waals surface area contributed by atoms with Crippen LogP contribution in [0.5, 0.6) is 0 Å². The zero-order valence-corrected chi connectivity index (χ0v) is 17.1. The molecule has 1 aliphatic heterocycles. The van der Waals surface area contributed by atoms with E-state index in [0.29, 0.717) is 35.6 Å². The minimum Gasteiger partial charge on any atom is -0.340 e. The summed E-state index contributed by atoms with van der Waals surface area (Å²) in [6, 6.07) is 8.05. The van der Waals surface area contributed by atoms with Crippen LogP contribution in [0.3, 0.4) is 0 Å². The van der Waals surface area contributed by atoms with Gasteiger partial charge in [-0.05, 0) is 51.0 Å². The molecular weight excluding hydrogens is 402 g/mol. The minimum atomic E-state index is -0.995. The number of halogens is 2. The van der Waals surface area contributed by atoms with Gasteiger partial charge in [0.1, 0.15) is 11.3 Å². The Labute approximate surface area is 176 Å². The zero-order valence-electron chi connectivity index (χ0n) is 17.1. The molecule has 158 valence electrons. The van der Waals surface area contributed by atoms with Crippen molar-refractivity contribution in [1.82, 2.24) is 29.9 Å². The van der Waals surface area contributed by atoms with Gasteiger partial charge in [-0.2, -0.15) is 15.0 Å². The van der Waals surface area contributed by atoms with Gasteiger partial charge in [0.2, 0.25) is 0 Å². The summed E-state index contributed by atoms with van der Waals surface area (Å²) >= 11 is 0. The number of carbonyl (C=O) groups excluding carboxylic acids is 1. The molecule has 0 radical (unpaired) electrons. The third-order valence-corrected chi connectivity index (χ3v) is 5.96. The minimum absolute atomic E-state index is 0.0625. The molecule has 1 unspecified atom stereocenters. The fourth-order valence-electron chi connectivity index (χ4n) is 4.29. The Balaban J connectivity index is 1.59. The lowest BCUT2D eigenvalue weighted by Crippen LogP contribution is -2.44. The normalized spacial score (nSPS) is 18.8. The van der Waals surface area contributed by atoms with E-state index in [1.165, 1.54) is 10.9 Å². The molecule has 3 heterocycles. The van der Waals surface area contributed by atoms with E-state index in [4.69, 9.17) is 0 Å². The summed E-state index contributed by atoms with van der Waals surface area (Å²) in [5.74, 6) is -1.70. The van der Waals surface area contributed by atoms with E-state index in [-0.39, 0.29) is 11.4 Å². The van der Waals surface area contributed by atoms with Crippen LogP contribution in [0.25, 0.3) is 16.7 Å². The number of rotatable bonds is 3. The number of aryl methyl sites for hydroxylation is 1. The topological polar surface area (TPSA) is 79.7 Å². The predicted octanol–water partition coefficient (Wildman–Crippen LogP) is 3.88. The number of imidazole rings is 1. The molecule has 31 heavy (non-hydrogen) atoms. The molecule has 7 nitrogen and oxygen atoms in total. The van der Waals surface area contributed by atoms with Gasteiger partial charge in [0.25, 0.3) is 5.91 Å². The molecule has 2 aromatic heterocycles. The Bertz CT molecular complexity index is 1300. The standard InChI is InChI=1S/C22H20F2N6O/c1-13-4-7-17(30-25-9-10-26-30)14(12-13)20(31)29-11-3-8-22(29,2)21-27-16-6-5-15(23)18(24)19(16)28-21/h4-7,9-10,12H,3,8,11H2,1-2H3,(H,27,28). The number of fused-ring (bicyclic) bond motifs is 1.